The molecule has 2 N–H and O–H groups in total. The summed E-state index contributed by atoms with van der Waals surface area (Å²) in [5.41, 5.74) is 6.22. The van der Waals surface area contributed by atoms with E-state index in [0.29, 0.717) is 27.1 Å². The molecule has 0 saturated heterocycles. The molecule has 2 aromatic carbocycles. The lowest BCUT2D eigenvalue weighted by Gasteiger charge is -2.05. The number of primary amides is 1. The van der Waals surface area contributed by atoms with Crippen molar-refractivity contribution in [1.82, 2.24) is 9.38 Å². The number of nitro groups is 1. The summed E-state index contributed by atoms with van der Waals surface area (Å²) in [4.78, 5) is 39.7. The number of aromatic nitrogens is 2. The highest BCUT2D eigenvalue weighted by Crippen LogP contribution is 2.32. The number of amides is 1. The highest BCUT2D eigenvalue weighted by Gasteiger charge is 2.18. The number of carbonyl (C=O) groups is 1. The molecule has 4 rings (SSSR count). The van der Waals surface area contributed by atoms with Gasteiger partial charge >= 0.3 is 0 Å². The molecule has 0 aliphatic rings. The highest BCUT2D eigenvalue weighted by atomic mass is 35.5. The number of carbonyl (C=O) groups excluding carboxylic acids is 1. The summed E-state index contributed by atoms with van der Waals surface area (Å²) in [6.07, 6.45) is 0. The average Bonchev–Trinajstić information content (AvgIpc) is 3.05. The summed E-state index contributed by atoms with van der Waals surface area (Å²) in [5, 5.41) is 13.1. The number of rotatable bonds is 3. The summed E-state index contributed by atoms with van der Waals surface area (Å²) in [6.45, 7) is 0. The van der Waals surface area contributed by atoms with Crippen LogP contribution in [0.3, 0.4) is 0 Å². The maximum Gasteiger partial charge on any atom is 0.288 e. The van der Waals surface area contributed by atoms with E-state index in [9.17, 15) is 19.7 Å². The fourth-order valence-corrected chi connectivity index (χ4v) is 3.86. The molecule has 0 saturated carbocycles. The van der Waals surface area contributed by atoms with Crippen molar-refractivity contribution in [2.75, 3.05) is 0 Å². The van der Waals surface area contributed by atoms with E-state index in [0.717, 1.165) is 0 Å². The minimum Gasteiger partial charge on any atom is -0.366 e. The molecule has 0 aliphatic carbocycles. The van der Waals surface area contributed by atoms with Gasteiger partial charge in [-0.2, -0.15) is 0 Å². The molecule has 0 bridgehead atoms. The molecule has 4 aromatic rings. The van der Waals surface area contributed by atoms with Gasteiger partial charge in [0.05, 0.1) is 21.5 Å². The fourth-order valence-electron chi connectivity index (χ4n) is 2.78. The van der Waals surface area contributed by atoms with Crippen LogP contribution < -0.4 is 11.3 Å². The zero-order valence-corrected chi connectivity index (χ0v) is 15.0. The van der Waals surface area contributed by atoms with Gasteiger partial charge in [0.25, 0.3) is 11.2 Å². The third-order valence-corrected chi connectivity index (χ3v) is 5.22. The first-order valence-corrected chi connectivity index (χ1v) is 8.80. The molecule has 0 atom stereocenters. The van der Waals surface area contributed by atoms with Crippen LogP contribution in [0.2, 0.25) is 5.02 Å². The van der Waals surface area contributed by atoms with Crippen LogP contribution in [0.25, 0.3) is 27.1 Å². The predicted octanol–water partition coefficient (Wildman–Crippen LogP) is 3.24. The molecule has 0 unspecified atom stereocenters. The second kappa shape index (κ2) is 6.15. The highest BCUT2D eigenvalue weighted by molar-refractivity contribution is 7.15. The second-order valence-electron chi connectivity index (χ2n) is 5.68. The number of benzene rings is 2. The number of hydrogen-bond donors (Lipinski definition) is 1. The summed E-state index contributed by atoms with van der Waals surface area (Å²) < 4.78 is 1.38. The topological polar surface area (TPSA) is 121 Å². The summed E-state index contributed by atoms with van der Waals surface area (Å²) in [7, 11) is 0. The molecule has 0 radical (unpaired) electrons. The second-order valence-corrected chi connectivity index (χ2v) is 6.92. The van der Waals surface area contributed by atoms with Crippen LogP contribution in [-0.4, -0.2) is 20.2 Å². The number of halogens is 1. The summed E-state index contributed by atoms with van der Waals surface area (Å²) in [6, 6.07) is 8.74. The van der Waals surface area contributed by atoms with E-state index in [1.54, 1.807) is 11.4 Å². The van der Waals surface area contributed by atoms with Gasteiger partial charge < -0.3 is 5.73 Å². The molecule has 8 nitrogen and oxygen atoms in total. The van der Waals surface area contributed by atoms with Crippen molar-refractivity contribution in [3.05, 3.63) is 72.8 Å². The van der Waals surface area contributed by atoms with Crippen LogP contribution in [-0.2, 0) is 0 Å². The van der Waals surface area contributed by atoms with E-state index >= 15 is 0 Å². The van der Waals surface area contributed by atoms with Gasteiger partial charge in [-0.25, -0.2) is 4.98 Å². The Bertz CT molecular complexity index is 1330. The van der Waals surface area contributed by atoms with E-state index in [1.807, 2.05) is 0 Å². The molecular weight excluding hydrogens is 392 g/mol. The number of nitrogens with two attached hydrogens (primary N) is 1. The van der Waals surface area contributed by atoms with Gasteiger partial charge in [-0.1, -0.05) is 17.7 Å². The maximum absolute atomic E-state index is 13.0. The van der Waals surface area contributed by atoms with Gasteiger partial charge in [-0.05, 0) is 24.3 Å². The Morgan fingerprint density at radius 1 is 1.26 bits per heavy atom. The number of nitro benzene ring substituents is 1. The van der Waals surface area contributed by atoms with Crippen molar-refractivity contribution in [2.45, 2.75) is 0 Å². The van der Waals surface area contributed by atoms with E-state index in [2.05, 4.69) is 4.98 Å². The minimum absolute atomic E-state index is 0.0122. The first-order chi connectivity index (χ1) is 12.9. The maximum atomic E-state index is 13.0. The zero-order valence-electron chi connectivity index (χ0n) is 13.4. The van der Waals surface area contributed by atoms with Crippen molar-refractivity contribution < 1.29 is 9.72 Å². The van der Waals surface area contributed by atoms with Gasteiger partial charge in [0.2, 0.25) is 5.91 Å². The van der Waals surface area contributed by atoms with Crippen LogP contribution in [0.5, 0.6) is 0 Å². The largest absolute Gasteiger partial charge is 0.366 e. The number of thiazole rings is 1. The summed E-state index contributed by atoms with van der Waals surface area (Å²) in [5.74, 6) is -0.612. The molecule has 0 fully saturated rings. The van der Waals surface area contributed by atoms with E-state index in [1.165, 1.54) is 46.1 Å². The Kier molecular flexibility index (Phi) is 3.90. The molecule has 10 heteroatoms. The Morgan fingerprint density at radius 3 is 2.74 bits per heavy atom. The van der Waals surface area contributed by atoms with E-state index in [4.69, 9.17) is 17.3 Å². The quantitative estimate of drug-likeness (QED) is 0.418. The van der Waals surface area contributed by atoms with Crippen LogP contribution in [0, 0.1) is 10.1 Å². The Hall–Kier alpha value is -3.30. The fraction of sp³-hybridized carbons (Fsp3) is 0. The number of hydrogen-bond acceptors (Lipinski definition) is 6. The van der Waals surface area contributed by atoms with Gasteiger partial charge in [0.1, 0.15) is 5.02 Å². The first-order valence-electron chi connectivity index (χ1n) is 7.55. The van der Waals surface area contributed by atoms with Crippen molar-refractivity contribution in [3.63, 3.8) is 0 Å². The summed E-state index contributed by atoms with van der Waals surface area (Å²) >= 11 is 7.07. The third-order valence-electron chi connectivity index (χ3n) is 4.08. The van der Waals surface area contributed by atoms with Crippen LogP contribution in [0.15, 0.2) is 46.6 Å². The van der Waals surface area contributed by atoms with E-state index in [-0.39, 0.29) is 21.8 Å². The lowest BCUT2D eigenvalue weighted by molar-refractivity contribution is -0.384. The van der Waals surface area contributed by atoms with Gasteiger partial charge in [-0.15, -0.1) is 11.3 Å². The Morgan fingerprint density at radius 2 is 2.04 bits per heavy atom. The molecular formula is C17H9ClN4O4S. The monoisotopic (exact) mass is 400 g/mol. The molecule has 27 heavy (non-hydrogen) atoms. The lowest BCUT2D eigenvalue weighted by Crippen LogP contribution is -2.16. The smallest absolute Gasteiger partial charge is 0.288 e. The minimum atomic E-state index is -0.612. The van der Waals surface area contributed by atoms with Crippen molar-refractivity contribution in [2.24, 2.45) is 5.73 Å². The molecule has 0 spiro atoms. The first kappa shape index (κ1) is 17.1. The van der Waals surface area contributed by atoms with Crippen molar-refractivity contribution >= 4 is 50.4 Å². The standard InChI is InChI=1S/C17H9ClN4O4S/c18-11-4-2-8(6-13(11)22(25)26)14-7-27-17-20-12-5-9(15(19)23)1-3-10(12)16(24)21(14)17/h1-7H,(H2,19,23). The SMILES string of the molecule is NC(=O)c1ccc2c(=O)n3c(-c4ccc(Cl)c([N+](=O)[O-])c4)csc3nc2c1. The average molecular weight is 401 g/mol. The van der Waals surface area contributed by atoms with Crippen LogP contribution in [0.4, 0.5) is 5.69 Å². The normalized spacial score (nSPS) is 11.1. The number of fused-ring (bicyclic) bond motifs is 2. The van der Waals surface area contributed by atoms with Gasteiger partial charge in [0.15, 0.2) is 4.96 Å². The van der Waals surface area contributed by atoms with E-state index < -0.39 is 10.8 Å². The van der Waals surface area contributed by atoms with Crippen molar-refractivity contribution in [1.29, 1.82) is 0 Å². The van der Waals surface area contributed by atoms with Gasteiger partial charge in [0, 0.05) is 22.6 Å². The van der Waals surface area contributed by atoms with Crippen LogP contribution >= 0.6 is 22.9 Å². The number of nitrogens with zero attached hydrogens (tertiary/aromatic N) is 3. The Labute approximate surface area is 159 Å². The third kappa shape index (κ3) is 2.73. The lowest BCUT2D eigenvalue weighted by atomic mass is 10.1. The molecule has 2 heterocycles. The van der Waals surface area contributed by atoms with Crippen LogP contribution in [0.1, 0.15) is 10.4 Å². The molecule has 0 aliphatic heterocycles. The molecule has 2 aromatic heterocycles. The zero-order chi connectivity index (χ0) is 19.3. The van der Waals surface area contributed by atoms with Gasteiger partial charge in [-0.3, -0.25) is 24.1 Å². The predicted molar refractivity (Wildman–Crippen MR) is 102 cm³/mol. The Balaban J connectivity index is 2.00. The molecule has 134 valence electrons. The van der Waals surface area contributed by atoms with Crippen molar-refractivity contribution in [3.8, 4) is 11.3 Å². The molecule has 1 amide bonds.